The predicted octanol–water partition coefficient (Wildman–Crippen LogP) is 13.2. The van der Waals surface area contributed by atoms with Crippen LogP contribution in [0.1, 0.15) is 184 Å². The number of amides is 1. The summed E-state index contributed by atoms with van der Waals surface area (Å²) < 4.78 is 2.00. The lowest BCUT2D eigenvalue weighted by molar-refractivity contribution is -0.671. The molecule has 492 valence electrons. The summed E-state index contributed by atoms with van der Waals surface area (Å²) in [5.74, 6) is 2.69. The van der Waals surface area contributed by atoms with Crippen LogP contribution < -0.4 is 21.8 Å². The lowest BCUT2D eigenvalue weighted by Gasteiger charge is -2.10. The Hall–Kier alpha value is -7.81. The van der Waals surface area contributed by atoms with Crippen molar-refractivity contribution in [3.05, 3.63) is 143 Å². The molecule has 0 aliphatic carbocycles. The molecule has 89 heavy (non-hydrogen) atoms. The number of primary amides is 1. The highest BCUT2D eigenvalue weighted by atomic mass is 16.3. The third kappa shape index (κ3) is 46.0. The Morgan fingerprint density at radius 1 is 0.494 bits per heavy atom. The highest BCUT2D eigenvalue weighted by Crippen LogP contribution is 2.22. The summed E-state index contributed by atoms with van der Waals surface area (Å²) in [5, 5.41) is 11.5. The van der Waals surface area contributed by atoms with Gasteiger partial charge in [0, 0.05) is 72.4 Å². The number of benzene rings is 4. The molecule has 5 rings (SSSR count). The molecule has 0 aliphatic rings. The lowest BCUT2D eigenvalue weighted by atomic mass is 9.94. The number of carbonyl (C=O) groups excluding carboxylic acids is 9. The first-order valence-electron chi connectivity index (χ1n) is 31.1. The Labute approximate surface area is 534 Å². The monoisotopic (exact) mass is 1230 g/mol. The van der Waals surface area contributed by atoms with E-state index in [9.17, 15) is 43.2 Å². The van der Waals surface area contributed by atoms with E-state index in [4.69, 9.17) is 22.3 Å². The highest BCUT2D eigenvalue weighted by Gasteiger charge is 2.13. The summed E-state index contributed by atoms with van der Waals surface area (Å²) >= 11 is 0. The Kier molecular flexibility index (Phi) is 47.1. The van der Waals surface area contributed by atoms with Crippen LogP contribution in [0.4, 0.5) is 0 Å². The molecular weight excluding hydrogens is 1120 g/mol. The average molecular weight is 1230 g/mol. The number of hydrogen-bond acceptors (Lipinski definition) is 11. The molecule has 1 heterocycles. The maximum atomic E-state index is 11.3. The van der Waals surface area contributed by atoms with Crippen LogP contribution >= 0.6 is 0 Å². The van der Waals surface area contributed by atoms with Crippen molar-refractivity contribution in [2.24, 2.45) is 70.7 Å². The number of fused-ring (bicyclic) bond motifs is 1. The van der Waals surface area contributed by atoms with Crippen LogP contribution in [0.2, 0.25) is 0 Å². The van der Waals surface area contributed by atoms with E-state index in [0.29, 0.717) is 31.6 Å². The minimum Gasteiger partial charge on any atom is -0.508 e. The number of carbonyl (C=O) groups is 9. The molecule has 5 aromatic rings. The van der Waals surface area contributed by atoms with Gasteiger partial charge in [-0.25, -0.2) is 4.57 Å². The fourth-order valence-corrected chi connectivity index (χ4v) is 7.34. The molecule has 0 aliphatic heterocycles. The van der Waals surface area contributed by atoms with E-state index in [1.807, 2.05) is 110 Å². The second kappa shape index (κ2) is 49.1. The maximum Gasteiger partial charge on any atom is 0.217 e. The zero-order valence-corrected chi connectivity index (χ0v) is 57.5. The van der Waals surface area contributed by atoms with Gasteiger partial charge in [0.15, 0.2) is 18.4 Å². The number of phenolic OH excluding ortho intramolecular Hbond substituents is 1. The minimum absolute atomic E-state index is 0.0347. The first kappa shape index (κ1) is 85.4. The van der Waals surface area contributed by atoms with E-state index in [1.165, 1.54) is 39.9 Å². The predicted molar refractivity (Wildman–Crippen MR) is 364 cm³/mol. The third-order valence-electron chi connectivity index (χ3n) is 14.9. The van der Waals surface area contributed by atoms with Gasteiger partial charge in [-0.2, -0.15) is 0 Å². The van der Waals surface area contributed by atoms with Crippen molar-refractivity contribution in [3.63, 3.8) is 0 Å². The summed E-state index contributed by atoms with van der Waals surface area (Å²) in [4.78, 5) is 99.9. The Morgan fingerprint density at radius 2 is 0.921 bits per heavy atom. The Morgan fingerprint density at radius 3 is 1.35 bits per heavy atom. The number of aromatic hydroxyl groups is 1. The number of aromatic nitrogens is 1. The van der Waals surface area contributed by atoms with Crippen molar-refractivity contribution in [1.82, 2.24) is 0 Å². The molecule has 0 radical (unpaired) electrons. The van der Waals surface area contributed by atoms with Crippen molar-refractivity contribution in [2.45, 2.75) is 189 Å². The second-order valence-corrected chi connectivity index (χ2v) is 23.5. The van der Waals surface area contributed by atoms with E-state index < -0.39 is 0 Å². The van der Waals surface area contributed by atoms with Crippen LogP contribution in [0.15, 0.2) is 121 Å². The number of nitrogens with two attached hydrogens (primary N) is 3. The number of ketones is 8. The number of guanidine groups is 1. The molecular formula is C74H112N5O10+. The summed E-state index contributed by atoms with van der Waals surface area (Å²) in [6, 6.07) is 33.9. The molecule has 4 aromatic carbocycles. The van der Waals surface area contributed by atoms with Crippen molar-refractivity contribution >= 4 is 68.9 Å². The standard InChI is InChI=1S/C15H16O.C12H16O.C11H16NO.C11H14O2.C8H17N3O.C7H13NO2.C6H12O.C4H8O/c1-11(12(2)16)10-14-8-5-7-13-6-3-4-9-15(13)14;1-9-5-4-6-12(7-9)8-10(2)11(3)13;1-9(10(2)13)7-11-5-4-6-12(3)8-11;1-8(9(2)12)7-10-3-5-11(13)6-4-10;1-6(7(2)12)4-3-5-11-8(9)10;1-5(6(2)9)3-4-7(8)10;1-4-5(2)6(3)7;1-3-4(2)5/h3-9,11H,10H2,1-2H3;4-7,10H,8H2,1-3H3;4-6,8-9H,7H2,1-3H3;3-6,8,13H,7H2,1-2H3;6H,3-5H2,1-2H3,(H4,9,10,11);5H,3-4H2,1-2H3,(H2,8,10);5H,4H2,1-3H3;3H2,1-2H3/q;;+1;;;;;. The van der Waals surface area contributed by atoms with E-state index in [-0.39, 0.29) is 99.5 Å². The molecule has 1 amide bonds. The summed E-state index contributed by atoms with van der Waals surface area (Å²) in [7, 11) is 1.99. The minimum atomic E-state index is -0.340. The van der Waals surface area contributed by atoms with Gasteiger partial charge in [0.1, 0.15) is 59.1 Å². The number of phenols is 1. The van der Waals surface area contributed by atoms with Crippen LogP contribution in [0.5, 0.6) is 5.75 Å². The highest BCUT2D eigenvalue weighted by molar-refractivity contribution is 5.87. The number of aliphatic imine (C=N–C) groups is 1. The summed E-state index contributed by atoms with van der Waals surface area (Å²) in [6.45, 7) is 33.0. The van der Waals surface area contributed by atoms with E-state index in [0.717, 1.165) is 50.5 Å². The van der Waals surface area contributed by atoms with Gasteiger partial charge in [-0.1, -0.05) is 147 Å². The molecule has 0 bridgehead atoms. The normalized spacial score (nSPS) is 12.3. The zero-order chi connectivity index (χ0) is 68.9. The van der Waals surface area contributed by atoms with Gasteiger partial charge in [-0.15, -0.1) is 0 Å². The Balaban J connectivity index is -0.000000966. The van der Waals surface area contributed by atoms with Gasteiger partial charge in [0.25, 0.3) is 0 Å². The number of Topliss-reactive ketones (excluding diaryl/α,β-unsaturated/α-hetero) is 8. The smallest absolute Gasteiger partial charge is 0.217 e. The molecule has 7 atom stereocenters. The second-order valence-electron chi connectivity index (χ2n) is 23.5. The molecule has 0 saturated carbocycles. The first-order valence-corrected chi connectivity index (χ1v) is 31.1. The van der Waals surface area contributed by atoms with Crippen LogP contribution in [-0.2, 0) is 75.9 Å². The van der Waals surface area contributed by atoms with Crippen LogP contribution in [0, 0.1) is 48.3 Å². The molecule has 0 saturated heterocycles. The van der Waals surface area contributed by atoms with Gasteiger partial charge in [0.2, 0.25) is 5.91 Å². The lowest BCUT2D eigenvalue weighted by Crippen LogP contribution is -2.27. The quantitative estimate of drug-likeness (QED) is 0.0194. The van der Waals surface area contributed by atoms with Crippen molar-refractivity contribution < 1.29 is 52.8 Å². The average Bonchev–Trinajstić information content (AvgIpc) is 2.47. The summed E-state index contributed by atoms with van der Waals surface area (Å²) in [6.07, 6.45) is 11.5. The molecule has 15 heteroatoms. The van der Waals surface area contributed by atoms with E-state index >= 15 is 0 Å². The van der Waals surface area contributed by atoms with Gasteiger partial charge in [-0.05, 0) is 159 Å². The van der Waals surface area contributed by atoms with Gasteiger partial charge < -0.3 is 27.1 Å². The van der Waals surface area contributed by atoms with E-state index in [2.05, 4.69) is 72.7 Å². The van der Waals surface area contributed by atoms with Crippen molar-refractivity contribution in [3.8, 4) is 5.75 Å². The van der Waals surface area contributed by atoms with Crippen molar-refractivity contribution in [1.29, 1.82) is 0 Å². The van der Waals surface area contributed by atoms with Gasteiger partial charge in [0.05, 0.1) is 0 Å². The number of pyridine rings is 1. The van der Waals surface area contributed by atoms with Crippen LogP contribution in [0.25, 0.3) is 10.8 Å². The van der Waals surface area contributed by atoms with Gasteiger partial charge in [-0.3, -0.25) is 43.3 Å². The molecule has 7 unspecified atom stereocenters. The van der Waals surface area contributed by atoms with Gasteiger partial charge >= 0.3 is 0 Å². The maximum absolute atomic E-state index is 11.3. The molecule has 0 spiro atoms. The van der Waals surface area contributed by atoms with E-state index in [1.54, 1.807) is 67.5 Å². The number of rotatable bonds is 24. The largest absolute Gasteiger partial charge is 0.508 e. The molecule has 0 fully saturated rings. The molecule has 15 nitrogen and oxygen atoms in total. The summed E-state index contributed by atoms with van der Waals surface area (Å²) in [5.41, 5.74) is 21.2. The number of nitrogens with zero attached hydrogens (tertiary/aromatic N) is 2. The molecule has 7 N–H and O–H groups in total. The first-order chi connectivity index (χ1) is 41.5. The number of hydrogen-bond donors (Lipinski definition) is 4. The number of aryl methyl sites for hydroxylation is 2. The Bertz CT molecular complexity index is 2880. The van der Waals surface area contributed by atoms with Crippen LogP contribution in [-0.4, -0.2) is 69.8 Å². The fraction of sp³-hybridized carbons (Fsp3) is 0.500. The van der Waals surface area contributed by atoms with Crippen molar-refractivity contribution in [2.75, 3.05) is 6.54 Å². The topological polar surface area (TPSA) is 268 Å². The zero-order valence-electron chi connectivity index (χ0n) is 57.5. The third-order valence-corrected chi connectivity index (χ3v) is 14.9. The fourth-order valence-electron chi connectivity index (χ4n) is 7.34. The van der Waals surface area contributed by atoms with Crippen LogP contribution in [0.3, 0.4) is 0 Å². The molecule has 1 aromatic heterocycles. The SMILES string of the molecule is CC(=O)C(C)CCC(N)=O.CC(=O)C(C)CCCN=C(N)N.CC(=O)C(C)Cc1ccc(O)cc1.CC(=O)C(C)Cc1ccc[n+](C)c1.CC(=O)C(C)Cc1cccc(C)c1.CC(=O)C(C)Cc1cccc2ccccc12.CCC(C)=O.CCC(C)C(C)=O.